The molecule has 8 nitrogen and oxygen atoms in total. The lowest BCUT2D eigenvalue weighted by Gasteiger charge is -2.30. The van der Waals surface area contributed by atoms with E-state index in [0.717, 1.165) is 16.3 Å². The van der Waals surface area contributed by atoms with E-state index in [9.17, 15) is 19.7 Å². The van der Waals surface area contributed by atoms with Gasteiger partial charge in [0.1, 0.15) is 6.54 Å². The Morgan fingerprint density at radius 1 is 0.971 bits per heavy atom. The summed E-state index contributed by atoms with van der Waals surface area (Å²) >= 11 is 0. The molecule has 0 radical (unpaired) electrons. The first-order valence-electron chi connectivity index (χ1n) is 10.7. The first-order chi connectivity index (χ1) is 16.5. The van der Waals surface area contributed by atoms with Crippen molar-refractivity contribution in [1.82, 2.24) is 4.90 Å². The maximum absolute atomic E-state index is 13.6. The average Bonchev–Trinajstić information content (AvgIpc) is 3.00. The molecule has 0 saturated carbocycles. The molecule has 1 atom stereocenters. The standard InChI is InChI=1S/C26H20N4O4/c31-24-16-29(26(32)28-22-12-6-10-17-7-4-5-11-20(17)22)25(18-8-2-1-3-9-18)21-15-19(30(33)34)13-14-23(21)27-24/h1-15,25H,16H2,(H,27,31)(H,28,32). The van der Waals surface area contributed by atoms with Gasteiger partial charge in [-0.05, 0) is 23.1 Å². The van der Waals surface area contributed by atoms with Crippen LogP contribution in [0.2, 0.25) is 0 Å². The van der Waals surface area contributed by atoms with Crippen LogP contribution in [-0.4, -0.2) is 28.3 Å². The fourth-order valence-electron chi connectivity index (χ4n) is 4.31. The molecule has 0 spiro atoms. The monoisotopic (exact) mass is 452 g/mol. The van der Waals surface area contributed by atoms with Crippen LogP contribution in [0.3, 0.4) is 0 Å². The second kappa shape index (κ2) is 8.67. The maximum Gasteiger partial charge on any atom is 0.323 e. The van der Waals surface area contributed by atoms with E-state index < -0.39 is 17.0 Å². The number of nitrogens with zero attached hydrogens (tertiary/aromatic N) is 2. The predicted octanol–water partition coefficient (Wildman–Crippen LogP) is 5.32. The molecule has 0 fully saturated rings. The summed E-state index contributed by atoms with van der Waals surface area (Å²) in [6.45, 7) is -0.224. The molecular weight excluding hydrogens is 432 g/mol. The summed E-state index contributed by atoms with van der Waals surface area (Å²) < 4.78 is 0. The molecule has 1 heterocycles. The SMILES string of the molecule is O=C1CN(C(=O)Nc2cccc3ccccc23)C(c2ccccc2)c2cc([N+](=O)[O-])ccc2N1. The molecule has 0 aromatic heterocycles. The van der Waals surface area contributed by atoms with Gasteiger partial charge >= 0.3 is 6.03 Å². The van der Waals surface area contributed by atoms with Crippen molar-refractivity contribution in [1.29, 1.82) is 0 Å². The van der Waals surface area contributed by atoms with E-state index in [2.05, 4.69) is 10.6 Å². The summed E-state index contributed by atoms with van der Waals surface area (Å²) in [5.74, 6) is -0.387. The minimum atomic E-state index is -0.718. The number of rotatable bonds is 3. The van der Waals surface area contributed by atoms with Gasteiger partial charge in [0.2, 0.25) is 5.91 Å². The molecule has 1 aliphatic heterocycles. The van der Waals surface area contributed by atoms with Crippen molar-refractivity contribution in [2.45, 2.75) is 6.04 Å². The zero-order valence-corrected chi connectivity index (χ0v) is 18.0. The van der Waals surface area contributed by atoms with Crippen LogP contribution in [0.4, 0.5) is 21.9 Å². The Kier molecular flexibility index (Phi) is 5.39. The van der Waals surface area contributed by atoms with E-state index in [0.29, 0.717) is 16.9 Å². The number of amides is 3. The number of nitro benzene ring substituents is 1. The van der Waals surface area contributed by atoms with Crippen LogP contribution < -0.4 is 10.6 Å². The lowest BCUT2D eigenvalue weighted by Crippen LogP contribution is -2.41. The number of benzene rings is 4. The van der Waals surface area contributed by atoms with E-state index >= 15 is 0 Å². The lowest BCUT2D eigenvalue weighted by molar-refractivity contribution is -0.384. The van der Waals surface area contributed by atoms with Crippen LogP contribution in [0.5, 0.6) is 0 Å². The molecule has 34 heavy (non-hydrogen) atoms. The van der Waals surface area contributed by atoms with Gasteiger partial charge in [0.25, 0.3) is 5.69 Å². The topological polar surface area (TPSA) is 105 Å². The average molecular weight is 452 g/mol. The lowest BCUT2D eigenvalue weighted by atomic mass is 9.95. The third-order valence-corrected chi connectivity index (χ3v) is 5.85. The smallest absolute Gasteiger partial charge is 0.323 e. The molecular formula is C26H20N4O4. The van der Waals surface area contributed by atoms with Crippen molar-refractivity contribution in [2.75, 3.05) is 17.2 Å². The number of urea groups is 1. The van der Waals surface area contributed by atoms with Gasteiger partial charge in [-0.2, -0.15) is 0 Å². The minimum absolute atomic E-state index is 0.120. The maximum atomic E-state index is 13.6. The fourth-order valence-corrected chi connectivity index (χ4v) is 4.31. The highest BCUT2D eigenvalue weighted by Crippen LogP contribution is 2.38. The summed E-state index contributed by atoms with van der Waals surface area (Å²) in [7, 11) is 0. The van der Waals surface area contributed by atoms with Crippen LogP contribution in [-0.2, 0) is 4.79 Å². The third-order valence-electron chi connectivity index (χ3n) is 5.85. The van der Waals surface area contributed by atoms with Gasteiger partial charge in [-0.1, -0.05) is 66.7 Å². The number of carbonyl (C=O) groups excluding carboxylic acids is 2. The molecule has 8 heteroatoms. The number of hydrogen-bond donors (Lipinski definition) is 2. The van der Waals surface area contributed by atoms with E-state index in [-0.39, 0.29) is 18.1 Å². The van der Waals surface area contributed by atoms with Crippen molar-refractivity contribution >= 4 is 39.8 Å². The van der Waals surface area contributed by atoms with E-state index in [1.54, 1.807) is 6.07 Å². The van der Waals surface area contributed by atoms with Gasteiger partial charge in [-0.15, -0.1) is 0 Å². The van der Waals surface area contributed by atoms with Crippen molar-refractivity contribution in [3.63, 3.8) is 0 Å². The van der Waals surface area contributed by atoms with Crippen molar-refractivity contribution in [3.8, 4) is 0 Å². The Hall–Kier alpha value is -4.72. The first-order valence-corrected chi connectivity index (χ1v) is 10.7. The number of non-ortho nitro benzene ring substituents is 1. The van der Waals surface area contributed by atoms with Crippen LogP contribution in [0, 0.1) is 10.1 Å². The van der Waals surface area contributed by atoms with Crippen LogP contribution in [0.25, 0.3) is 10.8 Å². The molecule has 168 valence electrons. The zero-order valence-electron chi connectivity index (χ0n) is 18.0. The van der Waals surface area contributed by atoms with Crippen LogP contribution in [0.1, 0.15) is 17.2 Å². The molecule has 1 unspecified atom stereocenters. The Morgan fingerprint density at radius 3 is 2.50 bits per heavy atom. The van der Waals surface area contributed by atoms with E-state index in [1.165, 1.54) is 23.1 Å². The molecule has 1 aliphatic rings. The second-order valence-corrected chi connectivity index (χ2v) is 7.97. The molecule has 4 aromatic rings. The highest BCUT2D eigenvalue weighted by atomic mass is 16.6. The van der Waals surface area contributed by atoms with Gasteiger partial charge in [-0.3, -0.25) is 14.9 Å². The number of carbonyl (C=O) groups is 2. The van der Waals surface area contributed by atoms with Crippen molar-refractivity contribution in [2.24, 2.45) is 0 Å². The molecule has 0 bridgehead atoms. The predicted molar refractivity (Wildman–Crippen MR) is 130 cm³/mol. The number of hydrogen-bond acceptors (Lipinski definition) is 4. The Bertz CT molecular complexity index is 1420. The van der Waals surface area contributed by atoms with Gasteiger partial charge in [-0.25, -0.2) is 4.79 Å². The molecule has 5 rings (SSSR count). The number of nitro groups is 1. The molecule has 0 aliphatic carbocycles. The number of anilines is 2. The fraction of sp³-hybridized carbons (Fsp3) is 0.0769. The van der Waals surface area contributed by atoms with Crippen LogP contribution in [0.15, 0.2) is 91.0 Å². The summed E-state index contributed by atoms with van der Waals surface area (Å²) in [5.41, 5.74) is 2.13. The largest absolute Gasteiger partial charge is 0.324 e. The zero-order chi connectivity index (χ0) is 23.7. The van der Waals surface area contributed by atoms with Gasteiger partial charge in [0, 0.05) is 28.8 Å². The highest BCUT2D eigenvalue weighted by molar-refractivity contribution is 6.04. The molecule has 2 N–H and O–H groups in total. The Balaban J connectivity index is 1.62. The molecule has 3 amide bonds. The minimum Gasteiger partial charge on any atom is -0.324 e. The number of nitrogens with one attached hydrogen (secondary N) is 2. The quantitative estimate of drug-likeness (QED) is 0.324. The Morgan fingerprint density at radius 2 is 1.71 bits per heavy atom. The Labute approximate surface area is 195 Å². The summed E-state index contributed by atoms with van der Waals surface area (Å²) in [6, 6.07) is 25.5. The molecule has 4 aromatic carbocycles. The van der Waals surface area contributed by atoms with Crippen molar-refractivity contribution < 1.29 is 14.5 Å². The van der Waals surface area contributed by atoms with Gasteiger partial charge in [0.05, 0.1) is 16.7 Å². The molecule has 0 saturated heterocycles. The van der Waals surface area contributed by atoms with Crippen LogP contribution >= 0.6 is 0 Å². The van der Waals surface area contributed by atoms with Gasteiger partial charge < -0.3 is 15.5 Å². The summed E-state index contributed by atoms with van der Waals surface area (Å²) in [6.07, 6.45) is 0. The van der Waals surface area contributed by atoms with Gasteiger partial charge in [0.15, 0.2) is 0 Å². The summed E-state index contributed by atoms with van der Waals surface area (Å²) in [4.78, 5) is 38.8. The van der Waals surface area contributed by atoms with Crippen molar-refractivity contribution in [3.05, 3.63) is 112 Å². The third kappa shape index (κ3) is 3.93. The van der Waals surface area contributed by atoms with E-state index in [1.807, 2.05) is 66.7 Å². The second-order valence-electron chi connectivity index (χ2n) is 7.97. The summed E-state index contributed by atoms with van der Waals surface area (Å²) in [5, 5.41) is 19.0. The normalized spacial score (nSPS) is 15.2. The van der Waals surface area contributed by atoms with E-state index in [4.69, 9.17) is 0 Å². The highest BCUT2D eigenvalue weighted by Gasteiger charge is 2.34. The first kappa shape index (κ1) is 21.1. The number of fused-ring (bicyclic) bond motifs is 2.